The zero-order valence-electron chi connectivity index (χ0n) is 14.2. The number of ether oxygens (including phenoxy) is 1. The Bertz CT molecular complexity index is 864. The zero-order valence-corrected chi connectivity index (χ0v) is 14.2. The first-order chi connectivity index (χ1) is 12.8. The number of hydrogen-bond acceptors (Lipinski definition) is 5. The van der Waals surface area contributed by atoms with Crippen LogP contribution in [0.3, 0.4) is 0 Å². The van der Waals surface area contributed by atoms with Gasteiger partial charge in [0.2, 0.25) is 17.6 Å². The van der Waals surface area contributed by atoms with Gasteiger partial charge in [-0.25, -0.2) is 0 Å². The topological polar surface area (TPSA) is 68.5 Å². The standard InChI is InChI=1S/C20H19N3O3/c24-20-17(11-12-23(20)13-15-7-3-1-4-8-15)19-21-18(22-26-19)14-25-16-9-5-2-6-10-16/h1-10,17H,11-14H2. The molecule has 3 aromatic rings. The fraction of sp³-hybridized carbons (Fsp3) is 0.250. The monoisotopic (exact) mass is 349 g/mol. The molecule has 6 heteroatoms. The Kier molecular flexibility index (Phi) is 4.64. The van der Waals surface area contributed by atoms with Gasteiger partial charge in [0.25, 0.3) is 0 Å². The van der Waals surface area contributed by atoms with Crippen LogP contribution in [0, 0.1) is 0 Å². The minimum absolute atomic E-state index is 0.0352. The molecule has 0 aliphatic carbocycles. The summed E-state index contributed by atoms with van der Waals surface area (Å²) in [5.74, 6) is 1.23. The van der Waals surface area contributed by atoms with Gasteiger partial charge in [-0.3, -0.25) is 4.79 Å². The number of rotatable bonds is 6. The average Bonchev–Trinajstić information content (AvgIpc) is 3.29. The molecule has 1 aromatic heterocycles. The Morgan fingerprint density at radius 2 is 1.81 bits per heavy atom. The Labute approximate surface area is 151 Å². The predicted octanol–water partition coefficient (Wildman–Crippen LogP) is 3.16. The maximum Gasteiger partial charge on any atom is 0.239 e. The summed E-state index contributed by atoms with van der Waals surface area (Å²) in [6.45, 7) is 1.51. The van der Waals surface area contributed by atoms with Crippen LogP contribution in [0.15, 0.2) is 65.2 Å². The molecule has 1 unspecified atom stereocenters. The fourth-order valence-electron chi connectivity index (χ4n) is 3.06. The average molecular weight is 349 g/mol. The molecule has 0 radical (unpaired) electrons. The molecule has 1 aliphatic rings. The van der Waals surface area contributed by atoms with Gasteiger partial charge in [-0.2, -0.15) is 4.98 Å². The van der Waals surface area contributed by atoms with E-state index in [1.54, 1.807) is 0 Å². The summed E-state index contributed by atoms with van der Waals surface area (Å²) < 4.78 is 10.9. The lowest BCUT2D eigenvalue weighted by Gasteiger charge is -2.15. The van der Waals surface area contributed by atoms with Crippen LogP contribution in [0.25, 0.3) is 0 Å². The minimum Gasteiger partial charge on any atom is -0.485 e. The third kappa shape index (κ3) is 3.59. The highest BCUT2D eigenvalue weighted by Gasteiger charge is 2.36. The molecular formula is C20H19N3O3. The lowest BCUT2D eigenvalue weighted by molar-refractivity contribution is -0.129. The van der Waals surface area contributed by atoms with E-state index in [4.69, 9.17) is 9.26 Å². The van der Waals surface area contributed by atoms with Crippen LogP contribution in [0.5, 0.6) is 5.75 Å². The first-order valence-corrected chi connectivity index (χ1v) is 8.62. The maximum atomic E-state index is 12.7. The Morgan fingerprint density at radius 3 is 2.58 bits per heavy atom. The van der Waals surface area contributed by atoms with Gasteiger partial charge in [0.15, 0.2) is 6.61 Å². The minimum atomic E-state index is -0.364. The molecule has 1 fully saturated rings. The van der Waals surface area contributed by atoms with Crippen LogP contribution >= 0.6 is 0 Å². The second kappa shape index (κ2) is 7.39. The van der Waals surface area contributed by atoms with Gasteiger partial charge in [-0.15, -0.1) is 0 Å². The van der Waals surface area contributed by atoms with Crippen molar-refractivity contribution in [2.45, 2.75) is 25.5 Å². The van der Waals surface area contributed by atoms with E-state index < -0.39 is 0 Å². The smallest absolute Gasteiger partial charge is 0.239 e. The molecule has 2 aromatic carbocycles. The molecule has 1 amide bonds. The van der Waals surface area contributed by atoms with Crippen molar-refractivity contribution in [3.05, 3.63) is 77.9 Å². The zero-order chi connectivity index (χ0) is 17.8. The highest BCUT2D eigenvalue weighted by atomic mass is 16.5. The van der Waals surface area contributed by atoms with E-state index in [1.807, 2.05) is 65.6 Å². The molecule has 6 nitrogen and oxygen atoms in total. The van der Waals surface area contributed by atoms with Gasteiger partial charge < -0.3 is 14.2 Å². The van der Waals surface area contributed by atoms with Gasteiger partial charge >= 0.3 is 0 Å². The van der Waals surface area contributed by atoms with Crippen molar-refractivity contribution < 1.29 is 14.1 Å². The van der Waals surface area contributed by atoms with E-state index >= 15 is 0 Å². The van der Waals surface area contributed by atoms with Crippen LogP contribution in [-0.4, -0.2) is 27.5 Å². The van der Waals surface area contributed by atoms with Crippen LogP contribution in [0.1, 0.15) is 29.6 Å². The van der Waals surface area contributed by atoms with Crippen molar-refractivity contribution in [3.63, 3.8) is 0 Å². The molecule has 0 spiro atoms. The number of likely N-dealkylation sites (tertiary alicyclic amines) is 1. The molecule has 26 heavy (non-hydrogen) atoms. The molecule has 0 saturated carbocycles. The summed E-state index contributed by atoms with van der Waals surface area (Å²) >= 11 is 0. The molecule has 132 valence electrons. The van der Waals surface area contributed by atoms with E-state index in [9.17, 15) is 4.79 Å². The van der Waals surface area contributed by atoms with Crippen LogP contribution in [-0.2, 0) is 17.9 Å². The third-order valence-electron chi connectivity index (χ3n) is 4.41. The number of nitrogens with zero attached hydrogens (tertiary/aromatic N) is 3. The second-order valence-electron chi connectivity index (χ2n) is 6.24. The largest absolute Gasteiger partial charge is 0.485 e. The molecule has 4 rings (SSSR count). The first kappa shape index (κ1) is 16.3. The number of amides is 1. The quantitative estimate of drug-likeness (QED) is 0.684. The van der Waals surface area contributed by atoms with E-state index in [0.717, 1.165) is 11.3 Å². The van der Waals surface area contributed by atoms with Crippen molar-refractivity contribution in [2.75, 3.05) is 6.54 Å². The van der Waals surface area contributed by atoms with Crippen LogP contribution < -0.4 is 4.74 Å². The summed E-state index contributed by atoms with van der Waals surface area (Å²) in [7, 11) is 0. The van der Waals surface area contributed by atoms with Crippen LogP contribution in [0.2, 0.25) is 0 Å². The highest BCUT2D eigenvalue weighted by Crippen LogP contribution is 2.28. The number of carbonyl (C=O) groups is 1. The summed E-state index contributed by atoms with van der Waals surface area (Å²) in [4.78, 5) is 18.9. The lowest BCUT2D eigenvalue weighted by Crippen LogP contribution is -2.26. The number of carbonyl (C=O) groups excluding carboxylic acids is 1. The number of aromatic nitrogens is 2. The number of benzene rings is 2. The van der Waals surface area contributed by atoms with Gasteiger partial charge in [-0.05, 0) is 24.1 Å². The summed E-state index contributed by atoms with van der Waals surface area (Å²) in [5.41, 5.74) is 1.11. The van der Waals surface area contributed by atoms with Crippen LogP contribution in [0.4, 0.5) is 0 Å². The molecule has 2 heterocycles. The number of para-hydroxylation sites is 1. The molecule has 1 atom stereocenters. The van der Waals surface area contributed by atoms with Gasteiger partial charge in [0.1, 0.15) is 11.7 Å². The second-order valence-corrected chi connectivity index (χ2v) is 6.24. The van der Waals surface area contributed by atoms with Crippen molar-refractivity contribution in [1.29, 1.82) is 0 Å². The summed E-state index contributed by atoms with van der Waals surface area (Å²) in [6, 6.07) is 19.4. The van der Waals surface area contributed by atoms with Crippen molar-refractivity contribution >= 4 is 5.91 Å². The first-order valence-electron chi connectivity index (χ1n) is 8.62. The molecule has 0 bridgehead atoms. The summed E-state index contributed by atoms with van der Waals surface area (Å²) in [6.07, 6.45) is 0.687. The normalized spacial score (nSPS) is 16.8. The van der Waals surface area contributed by atoms with E-state index in [-0.39, 0.29) is 18.4 Å². The van der Waals surface area contributed by atoms with E-state index in [2.05, 4.69) is 10.1 Å². The van der Waals surface area contributed by atoms with Gasteiger partial charge in [0, 0.05) is 13.1 Å². The van der Waals surface area contributed by atoms with E-state index in [1.165, 1.54) is 0 Å². The van der Waals surface area contributed by atoms with Gasteiger partial charge in [0.05, 0.1) is 0 Å². The van der Waals surface area contributed by atoms with Crippen molar-refractivity contribution in [2.24, 2.45) is 0 Å². The van der Waals surface area contributed by atoms with Crippen molar-refractivity contribution in [3.8, 4) is 5.75 Å². The Morgan fingerprint density at radius 1 is 1.08 bits per heavy atom. The number of hydrogen-bond donors (Lipinski definition) is 0. The Balaban J connectivity index is 1.37. The maximum absolute atomic E-state index is 12.7. The molecule has 1 aliphatic heterocycles. The molecular weight excluding hydrogens is 330 g/mol. The molecule has 0 N–H and O–H groups in total. The van der Waals surface area contributed by atoms with Crippen molar-refractivity contribution in [1.82, 2.24) is 15.0 Å². The lowest BCUT2D eigenvalue weighted by atomic mass is 10.1. The summed E-state index contributed by atoms with van der Waals surface area (Å²) in [5, 5.41) is 3.94. The highest BCUT2D eigenvalue weighted by molar-refractivity contribution is 5.84. The Hall–Kier alpha value is -3.15. The SMILES string of the molecule is O=C1C(c2nc(COc3ccccc3)no2)CCN1Cc1ccccc1. The molecule has 1 saturated heterocycles. The third-order valence-corrected chi connectivity index (χ3v) is 4.41. The fourth-order valence-corrected chi connectivity index (χ4v) is 3.06. The van der Waals surface area contributed by atoms with Gasteiger partial charge in [-0.1, -0.05) is 53.7 Å². The van der Waals surface area contributed by atoms with E-state index in [0.29, 0.717) is 31.2 Å². The predicted molar refractivity (Wildman–Crippen MR) is 94.3 cm³/mol.